The molecule has 2 aromatic heterocycles. The smallest absolute Gasteiger partial charge is 0.222 e. The summed E-state index contributed by atoms with van der Waals surface area (Å²) in [6, 6.07) is 10.3. The third-order valence-electron chi connectivity index (χ3n) is 3.14. The number of ether oxygens (including phenoxy) is 2. The highest BCUT2D eigenvalue weighted by Gasteiger charge is 2.17. The first-order valence-electron chi connectivity index (χ1n) is 6.83. The molecule has 1 N–H and O–H groups in total. The topological polar surface area (TPSA) is 68.4 Å². The molecule has 0 unspecified atom stereocenters. The summed E-state index contributed by atoms with van der Waals surface area (Å²) in [5, 5.41) is 9.39. The molecule has 1 aromatic carbocycles. The van der Waals surface area contributed by atoms with E-state index in [-0.39, 0.29) is 16.1 Å². The molecule has 3 rings (SSSR count). The first kappa shape index (κ1) is 16.3. The molecule has 0 saturated heterocycles. The van der Waals surface area contributed by atoms with E-state index < -0.39 is 0 Å². The lowest BCUT2D eigenvalue weighted by molar-refractivity contribution is -0.904. The zero-order chi connectivity index (χ0) is 17.1. The fourth-order valence-corrected chi connectivity index (χ4v) is 2.46. The molecular weight excluding hydrogens is 353 g/mol. The number of aromatic nitrogens is 3. The van der Waals surface area contributed by atoms with Crippen LogP contribution in [0.5, 0.6) is 17.2 Å². The van der Waals surface area contributed by atoms with E-state index in [1.54, 1.807) is 30.3 Å². The van der Waals surface area contributed by atoms with Gasteiger partial charge in [0.1, 0.15) is 0 Å². The van der Waals surface area contributed by atoms with E-state index in [0.717, 1.165) is 4.73 Å². The van der Waals surface area contributed by atoms with Crippen molar-refractivity contribution < 1.29 is 19.4 Å². The Morgan fingerprint density at radius 3 is 2.12 bits per heavy atom. The minimum Gasteiger partial charge on any atom is -0.493 e. The van der Waals surface area contributed by atoms with E-state index in [0.29, 0.717) is 22.9 Å². The SMILES string of the molecule is COc1ccccc1Oc1c(Cl)nc(-c2cc[n+](O)cc2)nc1Cl. The van der Waals surface area contributed by atoms with Gasteiger partial charge in [-0.2, -0.15) is 0 Å². The zero-order valence-electron chi connectivity index (χ0n) is 12.5. The summed E-state index contributed by atoms with van der Waals surface area (Å²) in [6.07, 6.45) is 2.89. The average Bonchev–Trinajstić information content (AvgIpc) is 2.59. The molecule has 0 amide bonds. The van der Waals surface area contributed by atoms with Crippen LogP contribution in [0.25, 0.3) is 11.4 Å². The number of para-hydroxylation sites is 2. The number of nitrogens with zero attached hydrogens (tertiary/aromatic N) is 3. The maximum Gasteiger partial charge on any atom is 0.222 e. The van der Waals surface area contributed by atoms with Gasteiger partial charge in [-0.15, -0.1) is 0 Å². The van der Waals surface area contributed by atoms with Crippen LogP contribution in [0.4, 0.5) is 0 Å². The Kier molecular flexibility index (Phi) is 4.69. The number of halogens is 2. The number of benzene rings is 1. The average molecular weight is 365 g/mol. The predicted octanol–water partition coefficient (Wildman–Crippen LogP) is 3.78. The molecule has 3 aromatic rings. The standard InChI is InChI=1S/C16H12Cl2N3O3/c1-23-11-4-2-3-5-12(11)24-13-14(17)19-16(20-15(13)18)10-6-8-21(22)9-7-10/h2-9,22H,1H3/q+1. The number of rotatable bonds is 4. The van der Waals surface area contributed by atoms with Gasteiger partial charge in [-0.3, -0.25) is 5.21 Å². The van der Waals surface area contributed by atoms with Gasteiger partial charge in [0.15, 0.2) is 27.6 Å². The van der Waals surface area contributed by atoms with E-state index in [2.05, 4.69) is 9.97 Å². The molecule has 0 saturated carbocycles. The second-order valence-corrected chi connectivity index (χ2v) is 5.39. The van der Waals surface area contributed by atoms with Gasteiger partial charge in [-0.1, -0.05) is 35.3 Å². The first-order valence-corrected chi connectivity index (χ1v) is 7.59. The molecule has 0 atom stereocenters. The van der Waals surface area contributed by atoms with Crippen LogP contribution in [0.15, 0.2) is 48.8 Å². The van der Waals surface area contributed by atoms with Crippen LogP contribution in [0.1, 0.15) is 0 Å². The molecule has 0 aliphatic carbocycles. The van der Waals surface area contributed by atoms with Gasteiger partial charge in [0.2, 0.25) is 18.1 Å². The van der Waals surface area contributed by atoms with E-state index in [9.17, 15) is 5.21 Å². The molecular formula is C16H12Cl2N3O3+. The van der Waals surface area contributed by atoms with Crippen LogP contribution in [-0.2, 0) is 0 Å². The summed E-state index contributed by atoms with van der Waals surface area (Å²) in [4.78, 5) is 8.40. The minimum atomic E-state index is 0.0663. The number of methoxy groups -OCH3 is 1. The van der Waals surface area contributed by atoms with Gasteiger partial charge < -0.3 is 9.47 Å². The second kappa shape index (κ2) is 6.90. The maximum atomic E-state index is 9.26. The molecule has 0 spiro atoms. The molecule has 6 nitrogen and oxygen atoms in total. The fraction of sp³-hybridized carbons (Fsp3) is 0.0625. The van der Waals surface area contributed by atoms with Crippen molar-refractivity contribution in [1.29, 1.82) is 0 Å². The van der Waals surface area contributed by atoms with Crippen molar-refractivity contribution in [3.63, 3.8) is 0 Å². The largest absolute Gasteiger partial charge is 0.493 e. The Bertz CT molecular complexity index is 850. The Hall–Kier alpha value is -2.57. The lowest BCUT2D eigenvalue weighted by Crippen LogP contribution is -2.27. The lowest BCUT2D eigenvalue weighted by atomic mass is 10.2. The summed E-state index contributed by atoms with van der Waals surface area (Å²) in [7, 11) is 1.54. The molecule has 2 heterocycles. The Balaban J connectivity index is 1.97. The Labute approximate surface area is 147 Å². The number of hydrogen-bond donors (Lipinski definition) is 1. The maximum absolute atomic E-state index is 9.26. The predicted molar refractivity (Wildman–Crippen MR) is 87.9 cm³/mol. The van der Waals surface area contributed by atoms with Crippen LogP contribution in [-0.4, -0.2) is 22.3 Å². The second-order valence-electron chi connectivity index (χ2n) is 4.68. The van der Waals surface area contributed by atoms with Crippen molar-refractivity contribution >= 4 is 23.2 Å². The molecule has 8 heteroatoms. The fourth-order valence-electron chi connectivity index (χ4n) is 1.99. The minimum absolute atomic E-state index is 0.0663. The van der Waals surface area contributed by atoms with Gasteiger partial charge in [0, 0.05) is 22.4 Å². The molecule has 0 bridgehead atoms. The molecule has 0 radical (unpaired) electrons. The molecule has 24 heavy (non-hydrogen) atoms. The third kappa shape index (κ3) is 3.34. The summed E-state index contributed by atoms with van der Waals surface area (Å²) < 4.78 is 11.8. The van der Waals surface area contributed by atoms with Crippen LogP contribution in [0, 0.1) is 0 Å². The van der Waals surface area contributed by atoms with Crippen LogP contribution >= 0.6 is 23.2 Å². The van der Waals surface area contributed by atoms with Crippen molar-refractivity contribution in [2.24, 2.45) is 0 Å². The molecule has 0 aliphatic rings. The summed E-state index contributed by atoms with van der Waals surface area (Å²) in [5.41, 5.74) is 0.646. The summed E-state index contributed by atoms with van der Waals surface area (Å²) in [5.74, 6) is 1.43. The Morgan fingerprint density at radius 1 is 0.958 bits per heavy atom. The zero-order valence-corrected chi connectivity index (χ0v) is 14.0. The third-order valence-corrected chi connectivity index (χ3v) is 3.65. The van der Waals surface area contributed by atoms with Gasteiger partial charge in [0.25, 0.3) is 0 Å². The van der Waals surface area contributed by atoms with Crippen molar-refractivity contribution in [1.82, 2.24) is 9.97 Å². The quantitative estimate of drug-likeness (QED) is 0.433. The molecule has 0 aliphatic heterocycles. The van der Waals surface area contributed by atoms with Crippen molar-refractivity contribution in [3.8, 4) is 28.6 Å². The van der Waals surface area contributed by atoms with Crippen molar-refractivity contribution in [2.75, 3.05) is 7.11 Å². The van der Waals surface area contributed by atoms with E-state index in [4.69, 9.17) is 32.7 Å². The summed E-state index contributed by atoms with van der Waals surface area (Å²) in [6.45, 7) is 0. The normalized spacial score (nSPS) is 10.5. The van der Waals surface area contributed by atoms with Crippen molar-refractivity contribution in [2.45, 2.75) is 0 Å². The highest BCUT2D eigenvalue weighted by molar-refractivity contribution is 6.35. The highest BCUT2D eigenvalue weighted by Crippen LogP contribution is 2.38. The first-order chi connectivity index (χ1) is 11.6. The monoisotopic (exact) mass is 364 g/mol. The number of pyridine rings is 1. The van der Waals surface area contributed by atoms with Gasteiger partial charge in [-0.05, 0) is 12.1 Å². The van der Waals surface area contributed by atoms with E-state index in [1.165, 1.54) is 19.5 Å². The highest BCUT2D eigenvalue weighted by atomic mass is 35.5. The van der Waals surface area contributed by atoms with Gasteiger partial charge in [-0.25, -0.2) is 9.97 Å². The van der Waals surface area contributed by atoms with Crippen molar-refractivity contribution in [3.05, 3.63) is 59.1 Å². The Morgan fingerprint density at radius 2 is 1.54 bits per heavy atom. The van der Waals surface area contributed by atoms with E-state index in [1.807, 2.05) is 6.07 Å². The molecule has 0 fully saturated rings. The van der Waals surface area contributed by atoms with Gasteiger partial charge >= 0.3 is 0 Å². The van der Waals surface area contributed by atoms with E-state index >= 15 is 0 Å². The lowest BCUT2D eigenvalue weighted by Gasteiger charge is -2.12. The van der Waals surface area contributed by atoms with Gasteiger partial charge in [0.05, 0.1) is 7.11 Å². The summed E-state index contributed by atoms with van der Waals surface area (Å²) >= 11 is 12.4. The van der Waals surface area contributed by atoms with Crippen LogP contribution < -0.4 is 14.2 Å². The van der Waals surface area contributed by atoms with Crippen LogP contribution in [0.2, 0.25) is 10.3 Å². The van der Waals surface area contributed by atoms with Crippen LogP contribution in [0.3, 0.4) is 0 Å². The molecule has 122 valence electrons. The number of hydrogen-bond acceptors (Lipinski definition) is 5.